The molecule has 0 aliphatic rings. The highest BCUT2D eigenvalue weighted by Gasteiger charge is 2.14. The molecule has 0 saturated carbocycles. The van der Waals surface area contributed by atoms with Crippen LogP contribution < -0.4 is 0 Å². The van der Waals surface area contributed by atoms with Crippen molar-refractivity contribution in [1.82, 2.24) is 0 Å². The van der Waals surface area contributed by atoms with Gasteiger partial charge in [0, 0.05) is 0 Å². The molecule has 2 atom stereocenters. The zero-order valence-electron chi connectivity index (χ0n) is 9.38. The molecule has 0 aliphatic heterocycles. The van der Waals surface area contributed by atoms with Gasteiger partial charge in [-0.2, -0.15) is 0 Å². The number of ether oxygens (including phenoxy) is 1. The minimum Gasteiger partial charge on any atom is -0.508 e. The van der Waals surface area contributed by atoms with E-state index in [-0.39, 0.29) is 18.1 Å². The summed E-state index contributed by atoms with van der Waals surface area (Å²) in [6.07, 6.45) is -1.05. The van der Waals surface area contributed by atoms with Crippen LogP contribution in [0.1, 0.15) is 19.4 Å². The summed E-state index contributed by atoms with van der Waals surface area (Å²) >= 11 is 0. The van der Waals surface area contributed by atoms with Gasteiger partial charge in [-0.1, -0.05) is 12.1 Å². The van der Waals surface area contributed by atoms with E-state index in [1.807, 2.05) is 0 Å². The predicted octanol–water partition coefficient (Wildman–Crippen LogP) is 1.25. The van der Waals surface area contributed by atoms with Crippen LogP contribution in [-0.4, -0.2) is 28.4 Å². The molecule has 88 valence electrons. The van der Waals surface area contributed by atoms with Crippen LogP contribution in [0.15, 0.2) is 24.3 Å². The third-order valence-electron chi connectivity index (χ3n) is 2.28. The minimum atomic E-state index is -0.677. The van der Waals surface area contributed by atoms with Crippen molar-refractivity contribution in [2.24, 2.45) is 0 Å². The van der Waals surface area contributed by atoms with Crippen molar-refractivity contribution in [2.75, 3.05) is 0 Å². The number of rotatable bonds is 4. The van der Waals surface area contributed by atoms with Gasteiger partial charge in [-0.15, -0.1) is 0 Å². The van der Waals surface area contributed by atoms with Crippen molar-refractivity contribution < 1.29 is 19.7 Å². The van der Waals surface area contributed by atoms with Gasteiger partial charge in [0.05, 0.1) is 12.5 Å². The number of aliphatic hydroxyl groups excluding tert-OH is 1. The van der Waals surface area contributed by atoms with Crippen molar-refractivity contribution >= 4 is 5.97 Å². The number of hydrogen-bond acceptors (Lipinski definition) is 4. The number of benzene rings is 1. The summed E-state index contributed by atoms with van der Waals surface area (Å²) in [4.78, 5) is 11.4. The van der Waals surface area contributed by atoms with Gasteiger partial charge in [-0.3, -0.25) is 4.79 Å². The lowest BCUT2D eigenvalue weighted by atomic mass is 10.1. The van der Waals surface area contributed by atoms with Gasteiger partial charge in [0.25, 0.3) is 0 Å². The number of aliphatic hydroxyl groups is 1. The molecule has 4 nitrogen and oxygen atoms in total. The molecular weight excluding hydrogens is 208 g/mol. The van der Waals surface area contributed by atoms with E-state index >= 15 is 0 Å². The lowest BCUT2D eigenvalue weighted by Gasteiger charge is -2.15. The quantitative estimate of drug-likeness (QED) is 0.755. The molecule has 0 saturated heterocycles. The Morgan fingerprint density at radius 2 is 1.88 bits per heavy atom. The number of esters is 1. The largest absolute Gasteiger partial charge is 0.508 e. The molecule has 0 aliphatic carbocycles. The Balaban J connectivity index is 2.48. The molecule has 0 amide bonds. The number of phenols is 1. The molecule has 16 heavy (non-hydrogen) atoms. The third kappa shape index (κ3) is 3.90. The average molecular weight is 224 g/mol. The summed E-state index contributed by atoms with van der Waals surface area (Å²) in [5.41, 5.74) is 0.764. The summed E-state index contributed by atoms with van der Waals surface area (Å²) in [6.45, 7) is 3.21. The molecule has 1 rings (SSSR count). The standard InChI is InChI=1S/C12H16O4/c1-8(13)9(2)16-12(15)7-10-3-5-11(14)6-4-10/h3-6,8-9,13-14H,7H2,1-2H3/t8-,9-/m0/s1. The van der Waals surface area contributed by atoms with Crippen molar-refractivity contribution in [2.45, 2.75) is 32.5 Å². The monoisotopic (exact) mass is 224 g/mol. The van der Waals surface area contributed by atoms with Crippen LogP contribution in [0.3, 0.4) is 0 Å². The van der Waals surface area contributed by atoms with Gasteiger partial charge in [0.2, 0.25) is 0 Å². The van der Waals surface area contributed by atoms with Crippen LogP contribution in [0.4, 0.5) is 0 Å². The first-order valence-corrected chi connectivity index (χ1v) is 5.14. The van der Waals surface area contributed by atoms with E-state index in [9.17, 15) is 4.79 Å². The highest BCUT2D eigenvalue weighted by atomic mass is 16.6. The van der Waals surface area contributed by atoms with Gasteiger partial charge >= 0.3 is 5.97 Å². The highest BCUT2D eigenvalue weighted by molar-refractivity contribution is 5.72. The smallest absolute Gasteiger partial charge is 0.310 e. The molecule has 4 heteroatoms. The SMILES string of the molecule is C[C@H](O)[C@H](C)OC(=O)Cc1ccc(O)cc1. The summed E-state index contributed by atoms with van der Waals surface area (Å²) in [5, 5.41) is 18.2. The zero-order chi connectivity index (χ0) is 12.1. The number of hydrogen-bond donors (Lipinski definition) is 2. The maximum atomic E-state index is 11.4. The topological polar surface area (TPSA) is 66.8 Å². The normalized spacial score (nSPS) is 14.2. The van der Waals surface area contributed by atoms with Crippen molar-refractivity contribution in [3.63, 3.8) is 0 Å². The Labute approximate surface area is 94.5 Å². The third-order valence-corrected chi connectivity index (χ3v) is 2.28. The van der Waals surface area contributed by atoms with Gasteiger partial charge in [0.15, 0.2) is 0 Å². The van der Waals surface area contributed by atoms with E-state index in [1.54, 1.807) is 26.0 Å². The average Bonchev–Trinajstić information content (AvgIpc) is 2.21. The molecule has 0 bridgehead atoms. The fourth-order valence-corrected chi connectivity index (χ4v) is 1.13. The summed E-state index contributed by atoms with van der Waals surface area (Å²) in [5.74, 6) is -0.228. The summed E-state index contributed by atoms with van der Waals surface area (Å²) in [7, 11) is 0. The Morgan fingerprint density at radius 1 is 1.31 bits per heavy atom. The summed E-state index contributed by atoms with van der Waals surface area (Å²) in [6, 6.07) is 6.34. The lowest BCUT2D eigenvalue weighted by Crippen LogP contribution is -2.26. The van der Waals surface area contributed by atoms with E-state index in [2.05, 4.69) is 0 Å². The van der Waals surface area contributed by atoms with Gasteiger partial charge in [-0.25, -0.2) is 0 Å². The molecule has 1 aromatic carbocycles. The number of aromatic hydroxyl groups is 1. The van der Waals surface area contributed by atoms with E-state index < -0.39 is 12.2 Å². The van der Waals surface area contributed by atoms with Gasteiger partial charge in [0.1, 0.15) is 11.9 Å². The number of carbonyl (C=O) groups is 1. The molecule has 2 N–H and O–H groups in total. The van der Waals surface area contributed by atoms with Crippen LogP contribution in [0.5, 0.6) is 5.75 Å². The molecule has 0 spiro atoms. The van der Waals surface area contributed by atoms with Crippen LogP contribution in [0.25, 0.3) is 0 Å². The molecule has 0 fully saturated rings. The maximum Gasteiger partial charge on any atom is 0.310 e. The number of phenolic OH excluding ortho intramolecular Hbond substituents is 1. The number of carbonyl (C=O) groups excluding carboxylic acids is 1. The van der Waals surface area contributed by atoms with Crippen molar-refractivity contribution in [3.05, 3.63) is 29.8 Å². The Kier molecular flexibility index (Phi) is 4.31. The first-order chi connectivity index (χ1) is 7.49. The second-order valence-electron chi connectivity index (χ2n) is 3.78. The first-order valence-electron chi connectivity index (χ1n) is 5.14. The highest BCUT2D eigenvalue weighted by Crippen LogP contribution is 2.11. The fraction of sp³-hybridized carbons (Fsp3) is 0.417. The van der Waals surface area contributed by atoms with E-state index in [4.69, 9.17) is 14.9 Å². The van der Waals surface area contributed by atoms with E-state index in [1.165, 1.54) is 12.1 Å². The second-order valence-corrected chi connectivity index (χ2v) is 3.78. The second kappa shape index (κ2) is 5.51. The Bertz CT molecular complexity index is 343. The molecule has 0 radical (unpaired) electrons. The van der Waals surface area contributed by atoms with Gasteiger partial charge in [-0.05, 0) is 31.5 Å². The van der Waals surface area contributed by atoms with Gasteiger partial charge < -0.3 is 14.9 Å². The Morgan fingerprint density at radius 3 is 2.38 bits per heavy atom. The minimum absolute atomic E-state index is 0.136. The van der Waals surface area contributed by atoms with E-state index in [0.717, 1.165) is 5.56 Å². The fourth-order valence-electron chi connectivity index (χ4n) is 1.13. The first kappa shape index (κ1) is 12.5. The molecule has 0 heterocycles. The van der Waals surface area contributed by atoms with Crippen molar-refractivity contribution in [1.29, 1.82) is 0 Å². The molecule has 1 aromatic rings. The molecular formula is C12H16O4. The molecule has 0 unspecified atom stereocenters. The van der Waals surface area contributed by atoms with Crippen LogP contribution >= 0.6 is 0 Å². The van der Waals surface area contributed by atoms with Crippen LogP contribution in [-0.2, 0) is 16.0 Å². The lowest BCUT2D eigenvalue weighted by molar-refractivity contribution is -0.152. The molecule has 0 aromatic heterocycles. The summed E-state index contributed by atoms with van der Waals surface area (Å²) < 4.78 is 4.99. The van der Waals surface area contributed by atoms with Crippen LogP contribution in [0.2, 0.25) is 0 Å². The predicted molar refractivity (Wildman–Crippen MR) is 59.0 cm³/mol. The van der Waals surface area contributed by atoms with Crippen LogP contribution in [0, 0.1) is 0 Å². The Hall–Kier alpha value is -1.55. The van der Waals surface area contributed by atoms with E-state index in [0.29, 0.717) is 0 Å². The van der Waals surface area contributed by atoms with Crippen molar-refractivity contribution in [3.8, 4) is 5.75 Å². The zero-order valence-corrected chi connectivity index (χ0v) is 9.38. The maximum absolute atomic E-state index is 11.4.